The second kappa shape index (κ2) is 11.1. The lowest BCUT2D eigenvalue weighted by molar-refractivity contribution is -0.137. The van der Waals surface area contributed by atoms with Crippen LogP contribution in [0.3, 0.4) is 0 Å². The van der Waals surface area contributed by atoms with Gasteiger partial charge in [-0.05, 0) is 49.6 Å². The molecule has 2 heterocycles. The quantitative estimate of drug-likeness (QED) is 0.649. The lowest BCUT2D eigenvalue weighted by Crippen LogP contribution is -2.42. The summed E-state index contributed by atoms with van der Waals surface area (Å²) in [4.78, 5) is 28.4. The van der Waals surface area contributed by atoms with Crippen LogP contribution in [0.15, 0.2) is 24.3 Å². The average molecular weight is 405 g/mol. The number of carbonyl (C=O) groups excluding carboxylic acids is 2. The van der Waals surface area contributed by atoms with Gasteiger partial charge >= 0.3 is 0 Å². The van der Waals surface area contributed by atoms with Crippen LogP contribution in [0.1, 0.15) is 23.2 Å². The Morgan fingerprint density at radius 1 is 1.17 bits per heavy atom. The summed E-state index contributed by atoms with van der Waals surface area (Å²) in [5.74, 6) is 0.724. The third kappa shape index (κ3) is 6.69. The van der Waals surface area contributed by atoms with Crippen LogP contribution in [0.5, 0.6) is 5.75 Å². The molecule has 0 radical (unpaired) electrons. The Hall–Kier alpha value is -2.16. The fourth-order valence-electron chi connectivity index (χ4n) is 3.68. The Morgan fingerprint density at radius 3 is 2.66 bits per heavy atom. The fourth-order valence-corrected chi connectivity index (χ4v) is 3.68. The molecule has 8 nitrogen and oxygen atoms in total. The number of hydrogen-bond donors (Lipinski definition) is 2. The molecular weight excluding hydrogens is 374 g/mol. The first kappa shape index (κ1) is 21.5. The highest BCUT2D eigenvalue weighted by molar-refractivity contribution is 5.94. The van der Waals surface area contributed by atoms with Gasteiger partial charge in [0.15, 0.2) is 6.61 Å². The summed E-state index contributed by atoms with van der Waals surface area (Å²) >= 11 is 0. The van der Waals surface area contributed by atoms with Crippen LogP contribution in [0.2, 0.25) is 0 Å². The molecule has 2 fully saturated rings. The van der Waals surface area contributed by atoms with Crippen molar-refractivity contribution in [3.05, 3.63) is 29.8 Å². The van der Waals surface area contributed by atoms with E-state index in [1.807, 2.05) is 0 Å². The lowest BCUT2D eigenvalue weighted by atomic mass is 9.99. The molecule has 0 aromatic heterocycles. The number of carbonyl (C=O) groups is 2. The summed E-state index contributed by atoms with van der Waals surface area (Å²) in [5.41, 5.74) is 0.559. The van der Waals surface area contributed by atoms with Crippen molar-refractivity contribution >= 4 is 11.8 Å². The zero-order chi connectivity index (χ0) is 20.5. The molecule has 3 rings (SSSR count). The normalized spacial score (nSPS) is 20.3. The number of amides is 2. The van der Waals surface area contributed by atoms with E-state index in [4.69, 9.17) is 9.47 Å². The molecule has 0 aliphatic carbocycles. The second-order valence-corrected chi connectivity index (χ2v) is 7.55. The number of nitrogens with zero attached hydrogens (tertiary/aromatic N) is 2. The van der Waals surface area contributed by atoms with Gasteiger partial charge in [0.25, 0.3) is 11.8 Å². The van der Waals surface area contributed by atoms with Gasteiger partial charge in [0, 0.05) is 44.9 Å². The maximum absolute atomic E-state index is 12.3. The number of ether oxygens (including phenoxy) is 2. The number of piperidine rings is 1. The Labute approximate surface area is 171 Å². The highest BCUT2D eigenvalue weighted by atomic mass is 16.5. The van der Waals surface area contributed by atoms with E-state index < -0.39 is 0 Å². The van der Waals surface area contributed by atoms with E-state index in [9.17, 15) is 14.7 Å². The van der Waals surface area contributed by atoms with Crippen LogP contribution in [-0.2, 0) is 9.53 Å². The molecule has 160 valence electrons. The van der Waals surface area contributed by atoms with Gasteiger partial charge < -0.3 is 29.7 Å². The maximum atomic E-state index is 12.3. The molecule has 0 saturated carbocycles. The summed E-state index contributed by atoms with van der Waals surface area (Å²) < 4.78 is 10.8. The van der Waals surface area contributed by atoms with Gasteiger partial charge in [0.1, 0.15) is 5.75 Å². The Bertz CT molecular complexity index is 661. The third-order valence-electron chi connectivity index (χ3n) is 5.42. The molecule has 2 saturated heterocycles. The molecule has 2 N–H and O–H groups in total. The Morgan fingerprint density at radius 2 is 1.93 bits per heavy atom. The lowest BCUT2D eigenvalue weighted by Gasteiger charge is -2.31. The van der Waals surface area contributed by atoms with Crippen molar-refractivity contribution in [2.24, 2.45) is 5.92 Å². The minimum atomic E-state index is -0.128. The molecule has 2 aliphatic rings. The van der Waals surface area contributed by atoms with E-state index in [0.29, 0.717) is 50.1 Å². The van der Waals surface area contributed by atoms with Crippen molar-refractivity contribution in [1.82, 2.24) is 15.1 Å². The topological polar surface area (TPSA) is 91.3 Å². The second-order valence-electron chi connectivity index (χ2n) is 7.55. The predicted molar refractivity (Wildman–Crippen MR) is 108 cm³/mol. The SMILES string of the molecule is O=C(NCCN1CCCC(CO)C1)c1ccc(OCC(=O)N2CCOCC2)cc1. The molecular formula is C21H31N3O5. The van der Waals surface area contributed by atoms with E-state index in [0.717, 1.165) is 32.5 Å². The van der Waals surface area contributed by atoms with Gasteiger partial charge in [-0.1, -0.05) is 0 Å². The van der Waals surface area contributed by atoms with E-state index in [-0.39, 0.29) is 25.0 Å². The van der Waals surface area contributed by atoms with Gasteiger partial charge in [-0.25, -0.2) is 0 Å². The summed E-state index contributed by atoms with van der Waals surface area (Å²) in [6, 6.07) is 6.81. The maximum Gasteiger partial charge on any atom is 0.260 e. The first-order valence-electron chi connectivity index (χ1n) is 10.4. The molecule has 1 unspecified atom stereocenters. The van der Waals surface area contributed by atoms with Crippen molar-refractivity contribution in [3.8, 4) is 5.75 Å². The smallest absolute Gasteiger partial charge is 0.260 e. The number of benzene rings is 1. The van der Waals surface area contributed by atoms with Crippen LogP contribution >= 0.6 is 0 Å². The standard InChI is InChI=1S/C21H31N3O5/c25-15-17-2-1-8-23(14-17)9-7-22-21(27)18-3-5-19(6-4-18)29-16-20(26)24-10-12-28-13-11-24/h3-6,17,25H,1-2,7-16H2,(H,22,27). The zero-order valence-corrected chi connectivity index (χ0v) is 16.8. The molecule has 0 bridgehead atoms. The van der Waals surface area contributed by atoms with E-state index in [1.54, 1.807) is 29.2 Å². The molecule has 29 heavy (non-hydrogen) atoms. The summed E-state index contributed by atoms with van der Waals surface area (Å²) in [5, 5.41) is 12.2. The number of hydrogen-bond acceptors (Lipinski definition) is 6. The molecule has 2 amide bonds. The highest BCUT2D eigenvalue weighted by Crippen LogP contribution is 2.15. The van der Waals surface area contributed by atoms with E-state index in [1.165, 1.54) is 0 Å². The number of likely N-dealkylation sites (tertiary alicyclic amines) is 1. The van der Waals surface area contributed by atoms with Crippen molar-refractivity contribution in [2.75, 3.05) is 65.7 Å². The van der Waals surface area contributed by atoms with Gasteiger partial charge in [-0.2, -0.15) is 0 Å². The monoisotopic (exact) mass is 405 g/mol. The third-order valence-corrected chi connectivity index (χ3v) is 5.42. The minimum Gasteiger partial charge on any atom is -0.484 e. The van der Waals surface area contributed by atoms with Crippen LogP contribution in [-0.4, -0.2) is 92.4 Å². The summed E-state index contributed by atoms with van der Waals surface area (Å²) in [7, 11) is 0. The van der Waals surface area contributed by atoms with E-state index >= 15 is 0 Å². The zero-order valence-electron chi connectivity index (χ0n) is 16.8. The van der Waals surface area contributed by atoms with Crippen molar-refractivity contribution in [3.63, 3.8) is 0 Å². The van der Waals surface area contributed by atoms with E-state index in [2.05, 4.69) is 10.2 Å². The molecule has 0 spiro atoms. The number of aliphatic hydroxyl groups is 1. The van der Waals surface area contributed by atoms with Crippen LogP contribution in [0.25, 0.3) is 0 Å². The largest absolute Gasteiger partial charge is 0.484 e. The van der Waals surface area contributed by atoms with Crippen LogP contribution in [0, 0.1) is 5.92 Å². The fraction of sp³-hybridized carbons (Fsp3) is 0.619. The van der Waals surface area contributed by atoms with Crippen molar-refractivity contribution in [1.29, 1.82) is 0 Å². The predicted octanol–water partition coefficient (Wildman–Crippen LogP) is 0.358. The minimum absolute atomic E-state index is 0.0176. The molecule has 2 aliphatic heterocycles. The first-order chi connectivity index (χ1) is 14.2. The number of nitrogens with one attached hydrogen (secondary N) is 1. The van der Waals surface area contributed by atoms with Gasteiger partial charge in [-0.15, -0.1) is 0 Å². The van der Waals surface area contributed by atoms with Crippen LogP contribution < -0.4 is 10.1 Å². The molecule has 1 atom stereocenters. The summed E-state index contributed by atoms with van der Waals surface area (Å²) in [6.07, 6.45) is 2.17. The number of rotatable bonds is 8. The average Bonchev–Trinajstić information content (AvgIpc) is 2.78. The number of aliphatic hydroxyl groups excluding tert-OH is 1. The van der Waals surface area contributed by atoms with Crippen molar-refractivity contribution < 1.29 is 24.2 Å². The molecule has 1 aromatic carbocycles. The first-order valence-corrected chi connectivity index (χ1v) is 10.4. The molecule has 8 heteroatoms. The van der Waals surface area contributed by atoms with Crippen LogP contribution in [0.4, 0.5) is 0 Å². The number of morpholine rings is 1. The highest BCUT2D eigenvalue weighted by Gasteiger charge is 2.19. The summed E-state index contributed by atoms with van der Waals surface area (Å²) in [6.45, 7) is 5.80. The Balaban J connectivity index is 1.37. The van der Waals surface area contributed by atoms with Crippen molar-refractivity contribution in [2.45, 2.75) is 12.8 Å². The van der Waals surface area contributed by atoms with Gasteiger partial charge in [-0.3, -0.25) is 9.59 Å². The molecule has 1 aromatic rings. The Kier molecular flexibility index (Phi) is 8.27. The van der Waals surface area contributed by atoms with Gasteiger partial charge in [0.05, 0.1) is 13.2 Å². The van der Waals surface area contributed by atoms with Gasteiger partial charge in [0.2, 0.25) is 0 Å².